The molecule has 1 fully saturated rings. The third-order valence-electron chi connectivity index (χ3n) is 4.80. The van der Waals surface area contributed by atoms with Gasteiger partial charge in [0.05, 0.1) is 4.47 Å². The maximum Gasteiger partial charge on any atom is 0.260 e. The number of hydrogen-bond acceptors (Lipinski definition) is 3. The second-order valence-corrected chi connectivity index (χ2v) is 7.83. The second kappa shape index (κ2) is 8.74. The number of piperazine rings is 1. The fourth-order valence-electron chi connectivity index (χ4n) is 3.09. The van der Waals surface area contributed by atoms with Crippen molar-refractivity contribution in [3.05, 3.63) is 58.3 Å². The molecule has 4 nitrogen and oxygen atoms in total. The first-order valence-corrected chi connectivity index (χ1v) is 9.94. The highest BCUT2D eigenvalue weighted by Gasteiger charge is 2.22. The molecule has 0 atom stereocenters. The van der Waals surface area contributed by atoms with Gasteiger partial charge in [-0.2, -0.15) is 0 Å². The number of nitrogens with zero attached hydrogens (tertiary/aromatic N) is 2. The summed E-state index contributed by atoms with van der Waals surface area (Å²) in [6, 6.07) is 12.4. The van der Waals surface area contributed by atoms with Crippen molar-refractivity contribution in [3.63, 3.8) is 0 Å². The lowest BCUT2D eigenvalue weighted by Gasteiger charge is -2.36. The van der Waals surface area contributed by atoms with Gasteiger partial charge in [0.2, 0.25) is 0 Å². The summed E-state index contributed by atoms with van der Waals surface area (Å²) in [4.78, 5) is 16.4. The number of halogens is 2. The molecule has 1 saturated heterocycles. The molecule has 1 aliphatic heterocycles. The van der Waals surface area contributed by atoms with Gasteiger partial charge in [-0.3, -0.25) is 4.79 Å². The Balaban J connectivity index is 1.50. The monoisotopic (exact) mass is 434 g/mol. The maximum atomic E-state index is 13.0. The van der Waals surface area contributed by atoms with Crippen LogP contribution >= 0.6 is 15.9 Å². The van der Waals surface area contributed by atoms with E-state index in [9.17, 15) is 9.18 Å². The summed E-state index contributed by atoms with van der Waals surface area (Å²) in [5.41, 5.74) is 2.20. The van der Waals surface area contributed by atoms with E-state index in [4.69, 9.17) is 4.74 Å². The zero-order valence-electron chi connectivity index (χ0n) is 15.6. The highest BCUT2D eigenvalue weighted by atomic mass is 79.9. The lowest BCUT2D eigenvalue weighted by atomic mass is 10.0. The molecule has 144 valence electrons. The van der Waals surface area contributed by atoms with Gasteiger partial charge in [-0.15, -0.1) is 0 Å². The molecule has 0 saturated carbocycles. The molecule has 27 heavy (non-hydrogen) atoms. The molecule has 3 rings (SSSR count). The number of carbonyl (C=O) groups excluding carboxylic acids is 1. The van der Waals surface area contributed by atoms with Crippen LogP contribution in [-0.2, 0) is 4.79 Å². The molecule has 2 aromatic carbocycles. The fourth-order valence-corrected chi connectivity index (χ4v) is 3.60. The highest BCUT2D eigenvalue weighted by molar-refractivity contribution is 9.10. The van der Waals surface area contributed by atoms with Crippen LogP contribution in [0.3, 0.4) is 0 Å². The van der Waals surface area contributed by atoms with Crippen molar-refractivity contribution in [2.75, 3.05) is 37.7 Å². The minimum absolute atomic E-state index is 0.0198. The number of carbonyl (C=O) groups is 1. The summed E-state index contributed by atoms with van der Waals surface area (Å²) in [5, 5.41) is 0. The van der Waals surface area contributed by atoms with E-state index < -0.39 is 0 Å². The topological polar surface area (TPSA) is 32.8 Å². The first-order chi connectivity index (χ1) is 12.9. The largest absolute Gasteiger partial charge is 0.483 e. The number of hydrogen-bond donors (Lipinski definition) is 0. The van der Waals surface area contributed by atoms with E-state index in [0.29, 0.717) is 24.8 Å². The van der Waals surface area contributed by atoms with Crippen molar-refractivity contribution in [1.29, 1.82) is 0 Å². The number of anilines is 1. The summed E-state index contributed by atoms with van der Waals surface area (Å²) in [7, 11) is 0. The Morgan fingerprint density at radius 3 is 2.37 bits per heavy atom. The molecule has 6 heteroatoms. The van der Waals surface area contributed by atoms with Gasteiger partial charge in [-0.1, -0.05) is 19.9 Å². The first-order valence-electron chi connectivity index (χ1n) is 9.14. The van der Waals surface area contributed by atoms with Gasteiger partial charge < -0.3 is 14.5 Å². The van der Waals surface area contributed by atoms with Crippen LogP contribution in [0.2, 0.25) is 0 Å². The van der Waals surface area contributed by atoms with Crippen LogP contribution in [0.1, 0.15) is 25.3 Å². The summed E-state index contributed by atoms with van der Waals surface area (Å²) in [5.74, 6) is 0.859. The summed E-state index contributed by atoms with van der Waals surface area (Å²) >= 11 is 3.52. The molecule has 0 bridgehead atoms. The zero-order valence-corrected chi connectivity index (χ0v) is 17.2. The molecular weight excluding hydrogens is 411 g/mol. The molecule has 0 spiro atoms. The number of amides is 1. The molecular formula is C21H24BrFN2O2. The Bertz CT molecular complexity index is 787. The van der Waals surface area contributed by atoms with E-state index in [-0.39, 0.29) is 18.3 Å². The molecule has 0 radical (unpaired) electrons. The Hall–Kier alpha value is -2.08. The van der Waals surface area contributed by atoms with E-state index in [2.05, 4.69) is 34.7 Å². The molecule has 1 aliphatic rings. The molecule has 1 amide bonds. The number of ether oxygens (including phenoxy) is 1. The van der Waals surface area contributed by atoms with E-state index in [1.165, 1.54) is 17.7 Å². The predicted octanol–water partition coefficient (Wildman–Crippen LogP) is 4.44. The molecule has 0 aliphatic carbocycles. The van der Waals surface area contributed by atoms with Gasteiger partial charge in [-0.25, -0.2) is 4.39 Å². The predicted molar refractivity (Wildman–Crippen MR) is 109 cm³/mol. The van der Waals surface area contributed by atoms with Gasteiger partial charge in [0, 0.05) is 31.9 Å². The molecule has 0 aromatic heterocycles. The zero-order chi connectivity index (χ0) is 19.4. The SMILES string of the molecule is CC(C)c1ccc(OCC(=O)N2CCN(c3ccc(F)cc3)CC2)c(Br)c1. The van der Waals surface area contributed by atoms with Gasteiger partial charge in [0.1, 0.15) is 11.6 Å². The average molecular weight is 435 g/mol. The van der Waals surface area contributed by atoms with E-state index in [1.807, 2.05) is 23.1 Å². The van der Waals surface area contributed by atoms with Crippen LogP contribution in [0.4, 0.5) is 10.1 Å². The van der Waals surface area contributed by atoms with Crippen molar-refractivity contribution in [2.45, 2.75) is 19.8 Å². The van der Waals surface area contributed by atoms with Gasteiger partial charge in [0.25, 0.3) is 5.91 Å². The standard InChI is InChI=1S/C21H24BrFN2O2/c1-15(2)16-3-8-20(19(22)13-16)27-14-21(26)25-11-9-24(10-12-25)18-6-4-17(23)5-7-18/h3-8,13,15H,9-12,14H2,1-2H3. The quantitative estimate of drug-likeness (QED) is 0.697. The number of benzene rings is 2. The van der Waals surface area contributed by atoms with E-state index >= 15 is 0 Å². The Morgan fingerprint density at radius 2 is 1.78 bits per heavy atom. The van der Waals surface area contributed by atoms with Crippen molar-refractivity contribution < 1.29 is 13.9 Å². The molecule has 0 unspecified atom stereocenters. The van der Waals surface area contributed by atoms with Crippen molar-refractivity contribution >= 4 is 27.5 Å². The average Bonchev–Trinajstić information content (AvgIpc) is 2.67. The molecule has 1 heterocycles. The summed E-state index contributed by atoms with van der Waals surface area (Å²) < 4.78 is 19.6. The Kier molecular flexibility index (Phi) is 6.37. The van der Waals surface area contributed by atoms with Crippen LogP contribution in [0, 0.1) is 5.82 Å². The van der Waals surface area contributed by atoms with Gasteiger partial charge in [0.15, 0.2) is 6.61 Å². The van der Waals surface area contributed by atoms with Crippen LogP contribution in [0.25, 0.3) is 0 Å². The van der Waals surface area contributed by atoms with Crippen LogP contribution in [0.5, 0.6) is 5.75 Å². The normalized spacial score (nSPS) is 14.6. The van der Waals surface area contributed by atoms with Gasteiger partial charge in [-0.05, 0) is 63.8 Å². The maximum absolute atomic E-state index is 13.0. The minimum atomic E-state index is -0.239. The Labute approximate surface area is 168 Å². The van der Waals surface area contributed by atoms with Crippen molar-refractivity contribution in [1.82, 2.24) is 4.90 Å². The third-order valence-corrected chi connectivity index (χ3v) is 5.42. The minimum Gasteiger partial charge on any atom is -0.483 e. The second-order valence-electron chi connectivity index (χ2n) is 6.98. The highest BCUT2D eigenvalue weighted by Crippen LogP contribution is 2.29. The van der Waals surface area contributed by atoms with Crippen LogP contribution in [-0.4, -0.2) is 43.6 Å². The summed E-state index contributed by atoms with van der Waals surface area (Å²) in [6.07, 6.45) is 0. The van der Waals surface area contributed by atoms with E-state index in [0.717, 1.165) is 23.2 Å². The molecule has 0 N–H and O–H groups in total. The van der Waals surface area contributed by atoms with Crippen LogP contribution < -0.4 is 9.64 Å². The third kappa shape index (κ3) is 5.01. The first kappa shape index (κ1) is 19.7. The van der Waals surface area contributed by atoms with E-state index in [1.54, 1.807) is 12.1 Å². The lowest BCUT2D eigenvalue weighted by molar-refractivity contribution is -0.133. The molecule has 2 aromatic rings. The van der Waals surface area contributed by atoms with Crippen LogP contribution in [0.15, 0.2) is 46.9 Å². The smallest absolute Gasteiger partial charge is 0.260 e. The van der Waals surface area contributed by atoms with Gasteiger partial charge >= 0.3 is 0 Å². The summed E-state index contributed by atoms with van der Waals surface area (Å²) in [6.45, 7) is 7.01. The van der Waals surface area contributed by atoms with Crippen molar-refractivity contribution in [2.24, 2.45) is 0 Å². The fraction of sp³-hybridized carbons (Fsp3) is 0.381. The Morgan fingerprint density at radius 1 is 1.11 bits per heavy atom. The lowest BCUT2D eigenvalue weighted by Crippen LogP contribution is -2.50. The van der Waals surface area contributed by atoms with Crippen molar-refractivity contribution in [3.8, 4) is 5.75 Å². The number of rotatable bonds is 5.